The van der Waals surface area contributed by atoms with Crippen LogP contribution < -0.4 is 4.72 Å². The van der Waals surface area contributed by atoms with Gasteiger partial charge in [0, 0.05) is 24.9 Å². The van der Waals surface area contributed by atoms with E-state index in [9.17, 15) is 0 Å². The average molecular weight is 352 g/mol. The number of nitrogens with zero attached hydrogens (tertiary/aromatic N) is 2. The standard InChI is InChI=1S/C16H25N3S.2C2H6/c1-5-15(18-20-4)12-14(2)13-19-10-7-16(3,6-9-17)8-11-19;2*1-2/h5,12,18H,1-2,6-8,10-11,13H2,3-4H3;2*1-2H3/b15-12+;;. The Morgan fingerprint density at radius 2 is 1.83 bits per heavy atom. The maximum Gasteiger partial charge on any atom is 0.0627 e. The lowest BCUT2D eigenvalue weighted by molar-refractivity contribution is 0.130. The van der Waals surface area contributed by atoms with Gasteiger partial charge in [0.1, 0.15) is 0 Å². The summed E-state index contributed by atoms with van der Waals surface area (Å²) >= 11 is 1.55. The predicted molar refractivity (Wildman–Crippen MR) is 111 cm³/mol. The molecule has 0 radical (unpaired) electrons. The van der Waals surface area contributed by atoms with Gasteiger partial charge >= 0.3 is 0 Å². The Morgan fingerprint density at radius 1 is 1.29 bits per heavy atom. The first-order chi connectivity index (χ1) is 11.5. The molecule has 1 saturated heterocycles. The van der Waals surface area contributed by atoms with E-state index in [2.05, 4.69) is 35.8 Å². The van der Waals surface area contributed by atoms with Gasteiger partial charge in [0.25, 0.3) is 0 Å². The molecular weight excluding hydrogens is 314 g/mol. The van der Waals surface area contributed by atoms with Crippen molar-refractivity contribution in [1.82, 2.24) is 9.62 Å². The molecule has 0 atom stereocenters. The molecule has 0 aromatic rings. The van der Waals surface area contributed by atoms with Crippen molar-refractivity contribution in [2.24, 2.45) is 5.41 Å². The van der Waals surface area contributed by atoms with Crippen LogP contribution in [-0.4, -0.2) is 30.8 Å². The number of rotatable bonds is 7. The fourth-order valence-corrected chi connectivity index (χ4v) is 2.80. The monoisotopic (exact) mass is 351 g/mol. The van der Waals surface area contributed by atoms with E-state index in [0.29, 0.717) is 6.42 Å². The van der Waals surface area contributed by atoms with Crippen LogP contribution in [0.4, 0.5) is 0 Å². The molecule has 1 fully saturated rings. The maximum atomic E-state index is 8.87. The topological polar surface area (TPSA) is 39.1 Å². The molecule has 4 heteroatoms. The minimum absolute atomic E-state index is 0.203. The Balaban J connectivity index is 0. The summed E-state index contributed by atoms with van der Waals surface area (Å²) in [6.45, 7) is 21.1. The van der Waals surface area contributed by atoms with Gasteiger partial charge in [-0.1, -0.05) is 59.7 Å². The van der Waals surface area contributed by atoms with Crippen molar-refractivity contribution in [3.8, 4) is 6.07 Å². The zero-order valence-electron chi connectivity index (χ0n) is 16.6. The number of nitrogens with one attached hydrogen (secondary N) is 1. The summed E-state index contributed by atoms with van der Waals surface area (Å²) in [5.74, 6) is 0. The Bertz CT molecular complexity index is 413. The van der Waals surface area contributed by atoms with Gasteiger partial charge in [-0.15, -0.1) is 0 Å². The number of piperidine rings is 1. The van der Waals surface area contributed by atoms with Gasteiger partial charge in [-0.2, -0.15) is 5.26 Å². The van der Waals surface area contributed by atoms with E-state index in [1.807, 2.05) is 46.1 Å². The molecule has 1 rings (SSSR count). The smallest absolute Gasteiger partial charge is 0.0627 e. The molecule has 1 aliphatic rings. The van der Waals surface area contributed by atoms with E-state index in [1.165, 1.54) is 0 Å². The van der Waals surface area contributed by atoms with E-state index >= 15 is 0 Å². The van der Waals surface area contributed by atoms with Crippen molar-refractivity contribution in [1.29, 1.82) is 5.26 Å². The molecule has 1 heterocycles. The van der Waals surface area contributed by atoms with Crippen LogP contribution >= 0.6 is 11.9 Å². The van der Waals surface area contributed by atoms with Gasteiger partial charge < -0.3 is 4.72 Å². The van der Waals surface area contributed by atoms with Gasteiger partial charge in [0.2, 0.25) is 0 Å². The van der Waals surface area contributed by atoms with Crippen LogP contribution in [-0.2, 0) is 0 Å². The van der Waals surface area contributed by atoms with E-state index in [4.69, 9.17) is 5.26 Å². The van der Waals surface area contributed by atoms with Crippen molar-refractivity contribution < 1.29 is 0 Å². The van der Waals surface area contributed by atoms with Crippen molar-refractivity contribution >= 4 is 11.9 Å². The highest BCUT2D eigenvalue weighted by Crippen LogP contribution is 2.34. The van der Waals surface area contributed by atoms with E-state index < -0.39 is 0 Å². The zero-order chi connectivity index (χ0) is 19.0. The van der Waals surface area contributed by atoms with Crippen LogP contribution in [0, 0.1) is 16.7 Å². The molecule has 0 aliphatic carbocycles. The Labute approximate surface area is 155 Å². The molecule has 24 heavy (non-hydrogen) atoms. The predicted octanol–water partition coefficient (Wildman–Crippen LogP) is 5.55. The van der Waals surface area contributed by atoms with Crippen LogP contribution in [0.5, 0.6) is 0 Å². The summed E-state index contributed by atoms with van der Waals surface area (Å²) in [5.41, 5.74) is 2.29. The summed E-state index contributed by atoms with van der Waals surface area (Å²) in [5, 5.41) is 8.87. The SMILES string of the molecule is C=C/C(=C\C(=C)CN1CCC(C)(CC#N)CC1)NSC.CC.CC. The summed E-state index contributed by atoms with van der Waals surface area (Å²) in [7, 11) is 0. The number of nitriles is 1. The second kappa shape index (κ2) is 15.4. The van der Waals surface area contributed by atoms with E-state index in [-0.39, 0.29) is 5.41 Å². The summed E-state index contributed by atoms with van der Waals surface area (Å²) in [6.07, 6.45) is 8.69. The van der Waals surface area contributed by atoms with Gasteiger partial charge in [-0.05, 0) is 49.1 Å². The summed E-state index contributed by atoms with van der Waals surface area (Å²) in [6, 6.07) is 2.31. The normalized spacial score (nSPS) is 16.5. The molecule has 0 spiro atoms. The average Bonchev–Trinajstić information content (AvgIpc) is 2.60. The van der Waals surface area contributed by atoms with Crippen LogP contribution in [0.2, 0.25) is 0 Å². The minimum Gasteiger partial charge on any atom is -0.330 e. The van der Waals surface area contributed by atoms with E-state index in [0.717, 1.165) is 43.7 Å². The number of likely N-dealkylation sites (tertiary alicyclic amines) is 1. The van der Waals surface area contributed by atoms with Gasteiger partial charge in [-0.3, -0.25) is 4.90 Å². The molecule has 0 saturated carbocycles. The molecule has 3 nitrogen and oxygen atoms in total. The second-order valence-electron chi connectivity index (χ2n) is 5.69. The zero-order valence-corrected chi connectivity index (χ0v) is 17.4. The highest BCUT2D eigenvalue weighted by atomic mass is 32.2. The number of hydrogen-bond donors (Lipinski definition) is 1. The lowest BCUT2D eigenvalue weighted by Gasteiger charge is -2.38. The molecule has 0 bridgehead atoms. The maximum absolute atomic E-state index is 8.87. The lowest BCUT2D eigenvalue weighted by Crippen LogP contribution is -2.39. The molecule has 0 amide bonds. The summed E-state index contributed by atoms with van der Waals surface area (Å²) < 4.78 is 3.17. The molecule has 138 valence electrons. The largest absolute Gasteiger partial charge is 0.330 e. The molecule has 0 aromatic heterocycles. The quantitative estimate of drug-likeness (QED) is 0.482. The Hall–Kier alpha value is -1.18. The minimum atomic E-state index is 0.203. The Kier molecular flexibility index (Phi) is 16.0. The molecule has 0 aromatic carbocycles. The first-order valence-electron chi connectivity index (χ1n) is 8.93. The number of allylic oxidation sites excluding steroid dienone is 1. The third-order valence-electron chi connectivity index (χ3n) is 3.80. The van der Waals surface area contributed by atoms with Gasteiger partial charge in [0.05, 0.1) is 6.07 Å². The number of hydrogen-bond acceptors (Lipinski definition) is 4. The Morgan fingerprint density at radius 3 is 2.25 bits per heavy atom. The third-order valence-corrected chi connectivity index (χ3v) is 4.23. The van der Waals surface area contributed by atoms with Gasteiger partial charge in [0.15, 0.2) is 0 Å². The highest BCUT2D eigenvalue weighted by molar-refractivity contribution is 7.96. The van der Waals surface area contributed by atoms with Crippen LogP contribution in [0.15, 0.2) is 36.6 Å². The molecule has 1 N–H and O–H groups in total. The van der Waals surface area contributed by atoms with Crippen LogP contribution in [0.1, 0.15) is 53.9 Å². The molecular formula is C20H37N3S. The van der Waals surface area contributed by atoms with Crippen molar-refractivity contribution in [3.63, 3.8) is 0 Å². The fraction of sp³-hybridized carbons (Fsp3) is 0.650. The second-order valence-corrected chi connectivity index (χ2v) is 6.30. The van der Waals surface area contributed by atoms with Crippen molar-refractivity contribution in [3.05, 3.63) is 36.6 Å². The van der Waals surface area contributed by atoms with Crippen LogP contribution in [0.3, 0.4) is 0 Å². The first-order valence-corrected chi connectivity index (χ1v) is 10.2. The molecule has 1 aliphatic heterocycles. The summed E-state index contributed by atoms with van der Waals surface area (Å²) in [4.78, 5) is 2.41. The van der Waals surface area contributed by atoms with Crippen molar-refractivity contribution in [2.75, 3.05) is 25.9 Å². The van der Waals surface area contributed by atoms with Crippen molar-refractivity contribution in [2.45, 2.75) is 53.9 Å². The lowest BCUT2D eigenvalue weighted by atomic mass is 9.78. The third kappa shape index (κ3) is 10.6. The van der Waals surface area contributed by atoms with Crippen LogP contribution in [0.25, 0.3) is 0 Å². The first kappa shape index (κ1) is 25.1. The van der Waals surface area contributed by atoms with E-state index in [1.54, 1.807) is 11.9 Å². The highest BCUT2D eigenvalue weighted by Gasteiger charge is 2.29. The fourth-order valence-electron chi connectivity index (χ4n) is 2.42. The van der Waals surface area contributed by atoms with Gasteiger partial charge in [-0.25, -0.2) is 0 Å². The molecule has 0 unspecified atom stereocenters.